The van der Waals surface area contributed by atoms with Gasteiger partial charge in [-0.1, -0.05) is 24.3 Å². The van der Waals surface area contributed by atoms with Crippen molar-refractivity contribution in [1.29, 1.82) is 0 Å². The van der Waals surface area contributed by atoms with E-state index in [2.05, 4.69) is 20.5 Å². The van der Waals surface area contributed by atoms with E-state index in [-0.39, 0.29) is 6.03 Å². The summed E-state index contributed by atoms with van der Waals surface area (Å²) < 4.78 is 0. The number of likely N-dealkylation sites (tertiary alicyclic amines) is 1. The van der Waals surface area contributed by atoms with Gasteiger partial charge in [0.25, 0.3) is 0 Å². The molecule has 2 heterocycles. The van der Waals surface area contributed by atoms with Crippen molar-refractivity contribution in [2.75, 3.05) is 31.5 Å². The highest BCUT2D eigenvalue weighted by Crippen LogP contribution is 2.12. The second kappa shape index (κ2) is 8.99. The molecule has 2 N–H and O–H groups in total. The minimum absolute atomic E-state index is 0.157. The molecule has 2 amide bonds. The summed E-state index contributed by atoms with van der Waals surface area (Å²) in [6.07, 6.45) is 8.28. The summed E-state index contributed by atoms with van der Waals surface area (Å²) in [6, 6.07) is 13.4. The molecule has 0 bridgehead atoms. The molecule has 5 nitrogen and oxygen atoms in total. The number of anilines is 1. The van der Waals surface area contributed by atoms with E-state index in [1.807, 2.05) is 54.6 Å². The van der Waals surface area contributed by atoms with Crippen molar-refractivity contribution in [2.24, 2.45) is 0 Å². The summed E-state index contributed by atoms with van der Waals surface area (Å²) in [6.45, 7) is 3.90. The lowest BCUT2D eigenvalue weighted by molar-refractivity contribution is 0.249. The molecular weight excluding hydrogens is 312 g/mol. The summed E-state index contributed by atoms with van der Waals surface area (Å²) in [7, 11) is 0. The number of hydrogen-bond acceptors (Lipinski definition) is 3. The number of carbonyl (C=O) groups excluding carboxylic acids is 1. The Morgan fingerprint density at radius 3 is 2.60 bits per heavy atom. The first-order valence-corrected chi connectivity index (χ1v) is 8.76. The van der Waals surface area contributed by atoms with Crippen LogP contribution in [-0.2, 0) is 0 Å². The maximum Gasteiger partial charge on any atom is 0.319 e. The largest absolute Gasteiger partial charge is 0.337 e. The molecule has 1 saturated heterocycles. The normalized spacial score (nSPS) is 14.7. The molecule has 0 spiro atoms. The van der Waals surface area contributed by atoms with Gasteiger partial charge >= 0.3 is 6.03 Å². The predicted octanol–water partition coefficient (Wildman–Crippen LogP) is 3.47. The van der Waals surface area contributed by atoms with E-state index in [4.69, 9.17) is 0 Å². The predicted molar refractivity (Wildman–Crippen MR) is 102 cm³/mol. The van der Waals surface area contributed by atoms with Crippen LogP contribution in [0.5, 0.6) is 0 Å². The smallest absolute Gasteiger partial charge is 0.319 e. The molecule has 2 aromatic rings. The van der Waals surface area contributed by atoms with E-state index in [1.54, 1.807) is 6.20 Å². The van der Waals surface area contributed by atoms with Crippen LogP contribution in [0.15, 0.2) is 48.7 Å². The number of nitrogens with one attached hydrogen (secondary N) is 2. The second-order valence-electron chi connectivity index (χ2n) is 6.14. The van der Waals surface area contributed by atoms with Crippen LogP contribution in [0.25, 0.3) is 12.2 Å². The average Bonchev–Trinajstić information content (AvgIpc) is 3.15. The van der Waals surface area contributed by atoms with Gasteiger partial charge in [0.1, 0.15) is 0 Å². The van der Waals surface area contributed by atoms with E-state index < -0.39 is 0 Å². The Morgan fingerprint density at radius 2 is 1.88 bits per heavy atom. The van der Waals surface area contributed by atoms with Gasteiger partial charge in [-0.05, 0) is 61.8 Å². The van der Waals surface area contributed by atoms with Crippen LogP contribution in [0, 0.1) is 0 Å². The van der Waals surface area contributed by atoms with E-state index in [1.165, 1.54) is 12.8 Å². The highest BCUT2D eigenvalue weighted by Gasteiger charge is 2.10. The highest BCUT2D eigenvalue weighted by atomic mass is 16.2. The van der Waals surface area contributed by atoms with Crippen molar-refractivity contribution in [2.45, 2.75) is 12.8 Å². The highest BCUT2D eigenvalue weighted by molar-refractivity contribution is 5.89. The SMILES string of the molecule is O=C(NCCN1CCCC1)Nc1ccc(C=Cc2ccccn2)cc1. The average molecular weight is 336 g/mol. The summed E-state index contributed by atoms with van der Waals surface area (Å²) in [4.78, 5) is 18.5. The zero-order chi connectivity index (χ0) is 17.3. The number of rotatable bonds is 6. The summed E-state index contributed by atoms with van der Waals surface area (Å²) in [5.41, 5.74) is 2.77. The van der Waals surface area contributed by atoms with E-state index in [0.717, 1.165) is 36.6 Å². The van der Waals surface area contributed by atoms with Crippen LogP contribution in [0.1, 0.15) is 24.1 Å². The lowest BCUT2D eigenvalue weighted by Gasteiger charge is -2.15. The number of benzene rings is 1. The van der Waals surface area contributed by atoms with Gasteiger partial charge in [-0.15, -0.1) is 0 Å². The number of hydrogen-bond donors (Lipinski definition) is 2. The Bertz CT molecular complexity index is 691. The molecule has 1 aromatic heterocycles. The minimum Gasteiger partial charge on any atom is -0.337 e. The van der Waals surface area contributed by atoms with Crippen molar-refractivity contribution in [1.82, 2.24) is 15.2 Å². The van der Waals surface area contributed by atoms with Gasteiger partial charge in [-0.3, -0.25) is 4.98 Å². The summed E-state index contributed by atoms with van der Waals surface area (Å²) in [5, 5.41) is 5.77. The quantitative estimate of drug-likeness (QED) is 0.849. The first-order chi connectivity index (χ1) is 12.3. The van der Waals surface area contributed by atoms with Crippen LogP contribution in [0.2, 0.25) is 0 Å². The molecule has 130 valence electrons. The molecular formula is C20H24N4O. The van der Waals surface area contributed by atoms with Crippen LogP contribution in [0.4, 0.5) is 10.5 Å². The van der Waals surface area contributed by atoms with Gasteiger partial charge in [-0.2, -0.15) is 0 Å². The number of pyridine rings is 1. The molecule has 0 saturated carbocycles. The van der Waals surface area contributed by atoms with Crippen LogP contribution >= 0.6 is 0 Å². The van der Waals surface area contributed by atoms with Crippen molar-refractivity contribution in [3.8, 4) is 0 Å². The lowest BCUT2D eigenvalue weighted by atomic mass is 10.2. The molecule has 0 radical (unpaired) electrons. The molecule has 25 heavy (non-hydrogen) atoms. The van der Waals surface area contributed by atoms with E-state index in [0.29, 0.717) is 6.54 Å². The van der Waals surface area contributed by atoms with Crippen molar-refractivity contribution < 1.29 is 4.79 Å². The zero-order valence-corrected chi connectivity index (χ0v) is 14.3. The summed E-state index contributed by atoms with van der Waals surface area (Å²) >= 11 is 0. The topological polar surface area (TPSA) is 57.3 Å². The van der Waals surface area contributed by atoms with Gasteiger partial charge in [0, 0.05) is 25.0 Å². The lowest BCUT2D eigenvalue weighted by Crippen LogP contribution is -2.35. The zero-order valence-electron chi connectivity index (χ0n) is 14.3. The molecule has 0 unspecified atom stereocenters. The molecule has 0 atom stereocenters. The maximum absolute atomic E-state index is 11.9. The van der Waals surface area contributed by atoms with Gasteiger partial charge in [0.2, 0.25) is 0 Å². The number of urea groups is 1. The standard InChI is InChI=1S/C20H24N4O/c25-20(22-13-16-24-14-3-4-15-24)23-19-10-7-17(8-11-19)6-9-18-5-1-2-12-21-18/h1-2,5-12H,3-4,13-16H2,(H2,22,23,25). The third-order valence-electron chi connectivity index (χ3n) is 4.22. The third-order valence-corrected chi connectivity index (χ3v) is 4.22. The Balaban J connectivity index is 1.43. The van der Waals surface area contributed by atoms with Crippen LogP contribution < -0.4 is 10.6 Å². The third kappa shape index (κ3) is 5.72. The van der Waals surface area contributed by atoms with Crippen molar-refractivity contribution in [3.63, 3.8) is 0 Å². The molecule has 1 aliphatic heterocycles. The Morgan fingerprint density at radius 1 is 1.08 bits per heavy atom. The monoisotopic (exact) mass is 336 g/mol. The number of amides is 2. The fourth-order valence-corrected chi connectivity index (χ4v) is 2.84. The molecule has 5 heteroatoms. The van der Waals surface area contributed by atoms with Gasteiger partial charge in [-0.25, -0.2) is 4.79 Å². The van der Waals surface area contributed by atoms with Crippen LogP contribution in [0.3, 0.4) is 0 Å². The van der Waals surface area contributed by atoms with Gasteiger partial charge < -0.3 is 15.5 Å². The maximum atomic E-state index is 11.9. The molecule has 0 aliphatic carbocycles. The number of carbonyl (C=O) groups is 1. The molecule has 3 rings (SSSR count). The van der Waals surface area contributed by atoms with Crippen LogP contribution in [-0.4, -0.2) is 42.1 Å². The molecule has 1 aromatic carbocycles. The first kappa shape index (κ1) is 17.2. The number of nitrogens with zero attached hydrogens (tertiary/aromatic N) is 2. The summed E-state index contributed by atoms with van der Waals surface area (Å²) in [5.74, 6) is 0. The van der Waals surface area contributed by atoms with Crippen molar-refractivity contribution in [3.05, 3.63) is 59.9 Å². The first-order valence-electron chi connectivity index (χ1n) is 8.76. The van der Waals surface area contributed by atoms with Gasteiger partial charge in [0.15, 0.2) is 0 Å². The molecule has 1 aliphatic rings. The second-order valence-corrected chi connectivity index (χ2v) is 6.14. The Labute approximate surface area is 148 Å². The minimum atomic E-state index is -0.157. The van der Waals surface area contributed by atoms with Gasteiger partial charge in [0.05, 0.1) is 5.69 Å². The van der Waals surface area contributed by atoms with E-state index in [9.17, 15) is 4.79 Å². The molecule has 1 fully saturated rings. The van der Waals surface area contributed by atoms with E-state index >= 15 is 0 Å². The number of aromatic nitrogens is 1. The Kier molecular flexibility index (Phi) is 6.17. The fourth-order valence-electron chi connectivity index (χ4n) is 2.84. The fraction of sp³-hybridized carbons (Fsp3) is 0.300. The Hall–Kier alpha value is -2.66. The van der Waals surface area contributed by atoms with Crippen molar-refractivity contribution >= 4 is 23.9 Å².